The van der Waals surface area contributed by atoms with Gasteiger partial charge in [-0.05, 0) is 32.4 Å². The van der Waals surface area contributed by atoms with Crippen molar-refractivity contribution in [1.29, 1.82) is 0 Å². The molecule has 1 aromatic heterocycles. The van der Waals surface area contributed by atoms with Crippen molar-refractivity contribution in [1.82, 2.24) is 0 Å². The molecule has 0 N–H and O–H groups in total. The second kappa shape index (κ2) is 3.05. The van der Waals surface area contributed by atoms with Gasteiger partial charge in [-0.3, -0.25) is 0 Å². The molecule has 0 fully saturated rings. The van der Waals surface area contributed by atoms with Gasteiger partial charge in [0.2, 0.25) is 0 Å². The van der Waals surface area contributed by atoms with Gasteiger partial charge in [-0.25, -0.2) is 0 Å². The van der Waals surface area contributed by atoms with Crippen molar-refractivity contribution in [3.05, 3.63) is 21.4 Å². The molecule has 1 unspecified atom stereocenters. The van der Waals surface area contributed by atoms with E-state index in [1.54, 1.807) is 0 Å². The van der Waals surface area contributed by atoms with Crippen LogP contribution in [-0.4, -0.2) is 0 Å². The molecule has 2 heteroatoms. The second-order valence-corrected chi connectivity index (χ2v) is 5.18. The predicted molar refractivity (Wildman–Crippen MR) is 51.1 cm³/mol. The number of thiophene rings is 1. The van der Waals surface area contributed by atoms with Gasteiger partial charge in [-0.1, -0.05) is 15.9 Å². The van der Waals surface area contributed by atoms with Gasteiger partial charge in [0.05, 0.1) is 0 Å². The van der Waals surface area contributed by atoms with Gasteiger partial charge >= 0.3 is 0 Å². The van der Waals surface area contributed by atoms with Crippen molar-refractivity contribution in [2.45, 2.75) is 25.6 Å². The highest BCUT2D eigenvalue weighted by Gasteiger charge is 2.06. The molecule has 0 nitrogen and oxygen atoms in total. The molecular weight excluding hydrogens is 208 g/mol. The normalized spacial score (nSPS) is 13.6. The molecule has 1 aromatic rings. The minimum atomic E-state index is 0.506. The van der Waals surface area contributed by atoms with Crippen LogP contribution in [0, 0.1) is 13.8 Å². The summed E-state index contributed by atoms with van der Waals surface area (Å²) in [6.45, 7) is 6.48. The molecule has 0 amide bonds. The monoisotopic (exact) mass is 218 g/mol. The Morgan fingerprint density at radius 2 is 2.10 bits per heavy atom. The van der Waals surface area contributed by atoms with E-state index in [-0.39, 0.29) is 0 Å². The summed E-state index contributed by atoms with van der Waals surface area (Å²) < 4.78 is 0. The summed E-state index contributed by atoms with van der Waals surface area (Å²) >= 11 is 5.43. The van der Waals surface area contributed by atoms with Crippen molar-refractivity contribution in [2.75, 3.05) is 0 Å². The van der Waals surface area contributed by atoms with E-state index < -0.39 is 0 Å². The molecule has 1 rings (SSSR count). The topological polar surface area (TPSA) is 0 Å². The molecule has 10 heavy (non-hydrogen) atoms. The molecule has 0 saturated heterocycles. The van der Waals surface area contributed by atoms with E-state index in [1.807, 2.05) is 11.3 Å². The molecule has 0 spiro atoms. The highest BCUT2D eigenvalue weighted by atomic mass is 79.9. The van der Waals surface area contributed by atoms with Crippen LogP contribution in [-0.2, 0) is 0 Å². The molecule has 0 aliphatic rings. The number of hydrogen-bond donors (Lipinski definition) is 0. The van der Waals surface area contributed by atoms with Crippen molar-refractivity contribution >= 4 is 27.3 Å². The van der Waals surface area contributed by atoms with Gasteiger partial charge in [0.1, 0.15) is 0 Å². The summed E-state index contributed by atoms with van der Waals surface area (Å²) in [6.07, 6.45) is 0. The van der Waals surface area contributed by atoms with Gasteiger partial charge in [0, 0.05) is 14.6 Å². The van der Waals surface area contributed by atoms with E-state index >= 15 is 0 Å². The third-order valence-corrected chi connectivity index (χ3v) is 3.54. The first-order chi connectivity index (χ1) is 4.61. The number of hydrogen-bond acceptors (Lipinski definition) is 1. The third kappa shape index (κ3) is 1.61. The van der Waals surface area contributed by atoms with E-state index in [1.165, 1.54) is 15.3 Å². The quantitative estimate of drug-likeness (QED) is 0.630. The van der Waals surface area contributed by atoms with Crippen LogP contribution in [0.5, 0.6) is 0 Å². The van der Waals surface area contributed by atoms with Crippen LogP contribution in [0.25, 0.3) is 0 Å². The smallest absolute Gasteiger partial charge is 0.0463 e. The molecule has 0 saturated carbocycles. The molecule has 0 aliphatic heterocycles. The molecular formula is C8H11BrS. The first-order valence-corrected chi connectivity index (χ1v) is 5.05. The van der Waals surface area contributed by atoms with Crippen LogP contribution < -0.4 is 0 Å². The lowest BCUT2D eigenvalue weighted by Crippen LogP contribution is -1.78. The zero-order valence-corrected chi connectivity index (χ0v) is 8.84. The average molecular weight is 219 g/mol. The SMILES string of the molecule is Cc1cc(C)c(C(C)Br)s1. The summed E-state index contributed by atoms with van der Waals surface area (Å²) in [6, 6.07) is 2.23. The van der Waals surface area contributed by atoms with Crippen molar-refractivity contribution in [3.63, 3.8) is 0 Å². The van der Waals surface area contributed by atoms with Crippen LogP contribution in [0.1, 0.15) is 27.1 Å². The van der Waals surface area contributed by atoms with Crippen molar-refractivity contribution < 1.29 is 0 Å². The number of alkyl halides is 1. The Morgan fingerprint density at radius 3 is 2.30 bits per heavy atom. The summed E-state index contributed by atoms with van der Waals surface area (Å²) in [5.74, 6) is 0. The van der Waals surface area contributed by atoms with Gasteiger partial charge in [-0.15, -0.1) is 11.3 Å². The lowest BCUT2D eigenvalue weighted by Gasteiger charge is -1.98. The zero-order valence-electron chi connectivity index (χ0n) is 6.44. The Balaban J connectivity index is 3.03. The minimum Gasteiger partial charge on any atom is -0.144 e. The largest absolute Gasteiger partial charge is 0.144 e. The number of halogens is 1. The maximum absolute atomic E-state index is 3.56. The first kappa shape index (κ1) is 8.28. The fourth-order valence-electron chi connectivity index (χ4n) is 1.05. The second-order valence-electron chi connectivity index (χ2n) is 2.52. The Bertz CT molecular complexity index is 225. The van der Waals surface area contributed by atoms with Crippen LogP contribution >= 0.6 is 27.3 Å². The molecule has 56 valence electrons. The van der Waals surface area contributed by atoms with Gasteiger partial charge < -0.3 is 0 Å². The summed E-state index contributed by atoms with van der Waals surface area (Å²) in [7, 11) is 0. The molecule has 1 heterocycles. The summed E-state index contributed by atoms with van der Waals surface area (Å²) in [4.78, 5) is 3.36. The highest BCUT2D eigenvalue weighted by molar-refractivity contribution is 9.09. The minimum absolute atomic E-state index is 0.506. The number of rotatable bonds is 1. The Morgan fingerprint density at radius 1 is 1.50 bits per heavy atom. The Kier molecular flexibility index (Phi) is 2.53. The summed E-state index contributed by atoms with van der Waals surface area (Å²) in [5.41, 5.74) is 1.41. The third-order valence-electron chi connectivity index (χ3n) is 1.44. The molecule has 0 aromatic carbocycles. The van der Waals surface area contributed by atoms with E-state index in [9.17, 15) is 0 Å². The molecule has 0 radical (unpaired) electrons. The lowest BCUT2D eigenvalue weighted by atomic mass is 10.2. The Hall–Kier alpha value is 0.180. The van der Waals surface area contributed by atoms with E-state index in [2.05, 4.69) is 42.8 Å². The average Bonchev–Trinajstić information content (AvgIpc) is 2.10. The molecule has 0 bridgehead atoms. The maximum atomic E-state index is 3.56. The number of aryl methyl sites for hydroxylation is 2. The van der Waals surface area contributed by atoms with E-state index in [0.717, 1.165) is 0 Å². The molecule has 1 atom stereocenters. The van der Waals surface area contributed by atoms with Gasteiger partial charge in [0.15, 0.2) is 0 Å². The summed E-state index contributed by atoms with van der Waals surface area (Å²) in [5, 5.41) is 0. The fraction of sp³-hybridized carbons (Fsp3) is 0.500. The van der Waals surface area contributed by atoms with Crippen LogP contribution in [0.2, 0.25) is 0 Å². The van der Waals surface area contributed by atoms with Crippen LogP contribution in [0.4, 0.5) is 0 Å². The van der Waals surface area contributed by atoms with Crippen molar-refractivity contribution in [2.24, 2.45) is 0 Å². The predicted octanol–water partition coefficient (Wildman–Crippen LogP) is 3.82. The van der Waals surface area contributed by atoms with Crippen LogP contribution in [0.15, 0.2) is 6.07 Å². The van der Waals surface area contributed by atoms with Crippen LogP contribution in [0.3, 0.4) is 0 Å². The van der Waals surface area contributed by atoms with Crippen molar-refractivity contribution in [3.8, 4) is 0 Å². The van der Waals surface area contributed by atoms with Gasteiger partial charge in [0.25, 0.3) is 0 Å². The van der Waals surface area contributed by atoms with Gasteiger partial charge in [-0.2, -0.15) is 0 Å². The lowest BCUT2D eigenvalue weighted by molar-refractivity contribution is 1.14. The fourth-order valence-corrected chi connectivity index (χ4v) is 2.66. The maximum Gasteiger partial charge on any atom is 0.0463 e. The molecule has 0 aliphatic carbocycles. The first-order valence-electron chi connectivity index (χ1n) is 3.32. The Labute approximate surface area is 74.4 Å². The van der Waals surface area contributed by atoms with E-state index in [4.69, 9.17) is 0 Å². The standard InChI is InChI=1S/C8H11BrS/c1-5-4-6(2)10-8(5)7(3)9/h4,7H,1-3H3. The van der Waals surface area contributed by atoms with E-state index in [0.29, 0.717) is 4.83 Å². The highest BCUT2D eigenvalue weighted by Crippen LogP contribution is 2.31. The zero-order chi connectivity index (χ0) is 7.72.